The molecule has 1 heterocycles. The van der Waals surface area contributed by atoms with Gasteiger partial charge in [-0.1, -0.05) is 41.4 Å². The van der Waals surface area contributed by atoms with Crippen molar-refractivity contribution < 1.29 is 9.90 Å². The van der Waals surface area contributed by atoms with Crippen molar-refractivity contribution in [3.8, 4) is 17.0 Å². The molecule has 3 aromatic rings. The number of nitrogens with one attached hydrogen (secondary N) is 2. The smallest absolute Gasteiger partial charge is 0.289 e. The number of carbonyl (C=O) groups excluding carboxylic acids is 1. The zero-order chi connectivity index (χ0) is 18.7. The van der Waals surface area contributed by atoms with E-state index in [0.29, 0.717) is 27.0 Å². The number of aromatic amines is 1. The predicted molar refractivity (Wildman–Crippen MR) is 102 cm³/mol. The van der Waals surface area contributed by atoms with Gasteiger partial charge in [-0.3, -0.25) is 9.89 Å². The zero-order valence-corrected chi connectivity index (χ0v) is 15.1. The molecule has 8 heteroatoms. The number of rotatable bonds is 4. The van der Waals surface area contributed by atoms with Crippen molar-refractivity contribution in [1.29, 1.82) is 0 Å². The SMILES string of the molecule is C/C(=N\NC(=O)c1cc(-c2ccc(Cl)c(Cl)c2)n[nH]1)c1ccccc1O. The summed E-state index contributed by atoms with van der Waals surface area (Å²) in [6.45, 7) is 1.68. The molecule has 1 aromatic heterocycles. The second-order valence-electron chi connectivity index (χ2n) is 5.45. The second kappa shape index (κ2) is 7.59. The highest BCUT2D eigenvalue weighted by Crippen LogP contribution is 2.27. The van der Waals surface area contributed by atoms with Gasteiger partial charge in [0.15, 0.2) is 0 Å². The first-order valence-electron chi connectivity index (χ1n) is 7.59. The zero-order valence-electron chi connectivity index (χ0n) is 13.6. The highest BCUT2D eigenvalue weighted by Gasteiger charge is 2.12. The van der Waals surface area contributed by atoms with E-state index in [9.17, 15) is 9.90 Å². The number of benzene rings is 2. The summed E-state index contributed by atoms with van der Waals surface area (Å²) in [5.41, 5.74) is 4.95. The molecule has 0 fully saturated rings. The monoisotopic (exact) mass is 388 g/mol. The second-order valence-corrected chi connectivity index (χ2v) is 6.27. The maximum atomic E-state index is 12.2. The Morgan fingerprint density at radius 3 is 2.65 bits per heavy atom. The maximum Gasteiger partial charge on any atom is 0.289 e. The number of nitrogens with zero attached hydrogens (tertiary/aromatic N) is 2. The Bertz CT molecular complexity index is 998. The van der Waals surface area contributed by atoms with E-state index in [0.717, 1.165) is 5.56 Å². The molecule has 0 unspecified atom stereocenters. The summed E-state index contributed by atoms with van der Waals surface area (Å²) in [5.74, 6) is -0.370. The largest absolute Gasteiger partial charge is 0.507 e. The molecule has 0 saturated carbocycles. The van der Waals surface area contributed by atoms with Gasteiger partial charge < -0.3 is 5.11 Å². The van der Waals surface area contributed by atoms with Crippen LogP contribution in [0.25, 0.3) is 11.3 Å². The molecule has 0 saturated heterocycles. The lowest BCUT2D eigenvalue weighted by Crippen LogP contribution is -2.19. The summed E-state index contributed by atoms with van der Waals surface area (Å²) in [7, 11) is 0. The number of H-pyrrole nitrogens is 1. The molecule has 3 rings (SSSR count). The molecule has 132 valence electrons. The summed E-state index contributed by atoms with van der Waals surface area (Å²) < 4.78 is 0. The van der Waals surface area contributed by atoms with Gasteiger partial charge in [-0.05, 0) is 37.3 Å². The first kappa shape index (κ1) is 18.0. The highest BCUT2D eigenvalue weighted by atomic mass is 35.5. The number of hydrazone groups is 1. The highest BCUT2D eigenvalue weighted by molar-refractivity contribution is 6.42. The lowest BCUT2D eigenvalue weighted by Gasteiger charge is -2.03. The molecule has 0 atom stereocenters. The van der Waals surface area contributed by atoms with Crippen molar-refractivity contribution in [2.75, 3.05) is 0 Å². The topological polar surface area (TPSA) is 90.4 Å². The summed E-state index contributed by atoms with van der Waals surface area (Å²) in [6.07, 6.45) is 0. The van der Waals surface area contributed by atoms with Crippen LogP contribution in [0.3, 0.4) is 0 Å². The average molecular weight is 389 g/mol. The van der Waals surface area contributed by atoms with E-state index in [4.69, 9.17) is 23.2 Å². The van der Waals surface area contributed by atoms with Crippen LogP contribution in [0.5, 0.6) is 5.75 Å². The Kier molecular flexibility index (Phi) is 5.25. The van der Waals surface area contributed by atoms with Gasteiger partial charge in [0.1, 0.15) is 11.4 Å². The molecule has 0 bridgehead atoms. The number of aromatic nitrogens is 2. The first-order valence-corrected chi connectivity index (χ1v) is 8.35. The normalized spacial score (nSPS) is 11.4. The third-order valence-electron chi connectivity index (χ3n) is 3.66. The molecule has 3 N–H and O–H groups in total. The van der Waals surface area contributed by atoms with Crippen molar-refractivity contribution in [2.24, 2.45) is 5.10 Å². The van der Waals surface area contributed by atoms with Crippen LogP contribution in [0, 0.1) is 0 Å². The van der Waals surface area contributed by atoms with Crippen molar-refractivity contribution in [1.82, 2.24) is 15.6 Å². The summed E-state index contributed by atoms with van der Waals surface area (Å²) in [4.78, 5) is 12.2. The molecule has 0 aliphatic heterocycles. The number of halogens is 2. The van der Waals surface area contributed by atoms with E-state index in [1.807, 2.05) is 0 Å². The number of aromatic hydroxyl groups is 1. The molecule has 1 amide bonds. The number of hydrogen-bond acceptors (Lipinski definition) is 4. The van der Waals surface area contributed by atoms with Crippen LogP contribution < -0.4 is 5.43 Å². The van der Waals surface area contributed by atoms with Crippen LogP contribution >= 0.6 is 23.2 Å². The summed E-state index contributed by atoms with van der Waals surface area (Å²) in [5, 5.41) is 21.4. The van der Waals surface area contributed by atoms with Crippen molar-refractivity contribution in [3.05, 3.63) is 69.8 Å². The molecule has 6 nitrogen and oxygen atoms in total. The van der Waals surface area contributed by atoms with Crippen molar-refractivity contribution in [3.63, 3.8) is 0 Å². The van der Waals surface area contributed by atoms with E-state index >= 15 is 0 Å². The fourth-order valence-corrected chi connectivity index (χ4v) is 2.57. The van der Waals surface area contributed by atoms with E-state index in [1.54, 1.807) is 55.5 Å². The first-order chi connectivity index (χ1) is 12.5. The Labute approximate surface area is 159 Å². The molecule has 0 radical (unpaired) electrons. The molecule has 0 aliphatic carbocycles. The Morgan fingerprint density at radius 2 is 1.92 bits per heavy atom. The number of phenolic OH excluding ortho intramolecular Hbond substituents is 1. The Hall–Kier alpha value is -2.83. The lowest BCUT2D eigenvalue weighted by molar-refractivity contribution is 0.0950. The van der Waals surface area contributed by atoms with E-state index in [1.165, 1.54) is 0 Å². The lowest BCUT2D eigenvalue weighted by atomic mass is 10.1. The minimum Gasteiger partial charge on any atom is -0.507 e. The van der Waals surface area contributed by atoms with Gasteiger partial charge in [0.05, 0.1) is 21.5 Å². The Balaban J connectivity index is 1.75. The van der Waals surface area contributed by atoms with Gasteiger partial charge in [0.2, 0.25) is 0 Å². The average Bonchev–Trinajstić information content (AvgIpc) is 3.12. The van der Waals surface area contributed by atoms with Gasteiger partial charge >= 0.3 is 0 Å². The van der Waals surface area contributed by atoms with E-state index in [-0.39, 0.29) is 11.4 Å². The molecular weight excluding hydrogens is 375 g/mol. The Morgan fingerprint density at radius 1 is 1.15 bits per heavy atom. The van der Waals surface area contributed by atoms with E-state index in [2.05, 4.69) is 20.7 Å². The predicted octanol–water partition coefficient (Wildman–Crippen LogP) is 4.24. The standard InChI is InChI=1S/C18H14Cl2N4O2/c1-10(12-4-2-3-5-17(12)25)21-24-18(26)16-9-15(22-23-16)11-6-7-13(19)14(20)8-11/h2-9,25H,1H3,(H,22,23)(H,24,26)/b21-10+. The van der Waals surface area contributed by atoms with Crippen LogP contribution in [0.1, 0.15) is 23.0 Å². The number of phenols is 1. The van der Waals surface area contributed by atoms with Crippen LogP contribution in [-0.2, 0) is 0 Å². The summed E-state index contributed by atoms with van der Waals surface area (Å²) in [6, 6.07) is 13.4. The van der Waals surface area contributed by atoms with Crippen molar-refractivity contribution in [2.45, 2.75) is 6.92 Å². The molecular formula is C18H14Cl2N4O2. The number of hydrogen-bond donors (Lipinski definition) is 3. The number of amides is 1. The minimum absolute atomic E-state index is 0.0893. The van der Waals surface area contributed by atoms with Crippen LogP contribution in [-0.4, -0.2) is 26.9 Å². The van der Waals surface area contributed by atoms with Crippen molar-refractivity contribution >= 4 is 34.8 Å². The van der Waals surface area contributed by atoms with Crippen LogP contribution in [0.2, 0.25) is 10.0 Å². The van der Waals surface area contributed by atoms with Gasteiger partial charge in [0, 0.05) is 11.1 Å². The third-order valence-corrected chi connectivity index (χ3v) is 4.40. The van der Waals surface area contributed by atoms with Gasteiger partial charge in [-0.15, -0.1) is 0 Å². The molecule has 2 aromatic carbocycles. The molecule has 26 heavy (non-hydrogen) atoms. The van der Waals surface area contributed by atoms with Gasteiger partial charge in [-0.2, -0.15) is 10.2 Å². The quantitative estimate of drug-likeness (QED) is 0.460. The van der Waals surface area contributed by atoms with Gasteiger partial charge in [0.25, 0.3) is 5.91 Å². The fraction of sp³-hybridized carbons (Fsp3) is 0.0556. The molecule has 0 aliphatic rings. The van der Waals surface area contributed by atoms with Gasteiger partial charge in [-0.25, -0.2) is 5.43 Å². The molecule has 0 spiro atoms. The van der Waals surface area contributed by atoms with E-state index < -0.39 is 5.91 Å². The third kappa shape index (κ3) is 3.87. The number of para-hydroxylation sites is 1. The number of carbonyl (C=O) groups is 1. The summed E-state index contributed by atoms with van der Waals surface area (Å²) >= 11 is 11.9. The fourth-order valence-electron chi connectivity index (χ4n) is 2.28. The van der Waals surface area contributed by atoms with Crippen LogP contribution in [0.15, 0.2) is 53.6 Å². The minimum atomic E-state index is -0.460. The maximum absolute atomic E-state index is 12.2. The van der Waals surface area contributed by atoms with Crippen LogP contribution in [0.4, 0.5) is 0 Å².